The van der Waals surface area contributed by atoms with Gasteiger partial charge in [0.1, 0.15) is 0 Å². The molecule has 0 unspecified atom stereocenters. The van der Waals surface area contributed by atoms with Crippen molar-refractivity contribution in [3.8, 4) is 0 Å². The zero-order chi connectivity index (χ0) is 10.8. The van der Waals surface area contributed by atoms with E-state index in [9.17, 15) is 0 Å². The van der Waals surface area contributed by atoms with E-state index in [0.717, 1.165) is 0 Å². The Labute approximate surface area is 64.1 Å². The second kappa shape index (κ2) is 209. The van der Waals surface area contributed by atoms with E-state index in [-0.39, 0.29) is 24.6 Å². The Morgan fingerprint density at radius 3 is 0.333 bits per heavy atom. The lowest BCUT2D eigenvalue weighted by Crippen LogP contribution is -1.22. The summed E-state index contributed by atoms with van der Waals surface area (Å²) in [5.74, 6) is 0. The Balaban J connectivity index is -0.0000000356. The maximum atomic E-state index is 8.12. The standard InChI is InChI=1S/4CO2/c4*2-1-3/i2*1+1;2*1+0. The summed E-state index contributed by atoms with van der Waals surface area (Å²) in [5, 5.41) is 0. The van der Waals surface area contributed by atoms with E-state index in [4.69, 9.17) is 38.4 Å². The van der Waals surface area contributed by atoms with E-state index < -0.39 is 0 Å². The van der Waals surface area contributed by atoms with E-state index >= 15 is 0 Å². The highest BCUT2D eigenvalue weighted by Gasteiger charge is 1.14. The van der Waals surface area contributed by atoms with E-state index in [1.807, 2.05) is 0 Å². The molecule has 0 aliphatic carbocycles. The molecule has 0 rings (SSSR count). The summed E-state index contributed by atoms with van der Waals surface area (Å²) in [5.41, 5.74) is 0. The molecule has 8 nitrogen and oxygen atoms in total. The van der Waals surface area contributed by atoms with Crippen molar-refractivity contribution >= 4 is 24.6 Å². The fraction of sp³-hybridized carbons (Fsp3) is 0. The van der Waals surface area contributed by atoms with Crippen LogP contribution in [0.1, 0.15) is 0 Å². The minimum atomic E-state index is 0.250. The minimum Gasteiger partial charge on any atom is -0.186 e. The van der Waals surface area contributed by atoms with Crippen LogP contribution in [0.5, 0.6) is 0 Å². The van der Waals surface area contributed by atoms with Crippen LogP contribution < -0.4 is 0 Å². The average Bonchev–Trinajstić information content (AvgIpc) is 1.92. The first-order chi connectivity index (χ1) is 5.66. The molecule has 0 fully saturated rings. The second-order valence-electron chi connectivity index (χ2n) is 0.333. The van der Waals surface area contributed by atoms with Gasteiger partial charge in [-0.25, -0.2) is 0 Å². The molecule has 8 heteroatoms. The van der Waals surface area contributed by atoms with Crippen LogP contribution in [0.25, 0.3) is 0 Å². The Hall–Kier alpha value is -2.48. The molecule has 0 aliphatic rings. The van der Waals surface area contributed by atoms with Crippen molar-refractivity contribution in [1.29, 1.82) is 0 Å². The van der Waals surface area contributed by atoms with Gasteiger partial charge in [0.25, 0.3) is 0 Å². The van der Waals surface area contributed by atoms with Gasteiger partial charge in [0.15, 0.2) is 0 Å². The van der Waals surface area contributed by atoms with Gasteiger partial charge in [0.2, 0.25) is 0 Å². The Kier molecular flexibility index (Phi) is 394. The third-order valence-electron chi connectivity index (χ3n) is 0. The van der Waals surface area contributed by atoms with Crippen molar-refractivity contribution in [3.05, 3.63) is 0 Å². The predicted molar refractivity (Wildman–Crippen MR) is 20.0 cm³/mol. The van der Waals surface area contributed by atoms with Gasteiger partial charge in [-0.15, -0.1) is 0 Å². The van der Waals surface area contributed by atoms with Crippen LogP contribution in [0.15, 0.2) is 0 Å². The van der Waals surface area contributed by atoms with Crippen molar-refractivity contribution in [2.24, 2.45) is 0 Å². The van der Waals surface area contributed by atoms with Crippen LogP contribution in [0.2, 0.25) is 0 Å². The highest BCUT2D eigenvalue weighted by molar-refractivity contribution is 5.20. The molecule has 0 N–H and O–H groups in total. The van der Waals surface area contributed by atoms with Crippen molar-refractivity contribution in [3.63, 3.8) is 0 Å². The Bertz CT molecular complexity index is 143. The fourth-order valence-corrected chi connectivity index (χ4v) is 0. The smallest absolute Gasteiger partial charge is 0.186 e. The lowest BCUT2D eigenvalue weighted by atomic mass is 11.8. The summed E-state index contributed by atoms with van der Waals surface area (Å²) < 4.78 is 0. The first kappa shape index (κ1) is 22.7. The summed E-state index contributed by atoms with van der Waals surface area (Å²) in [6.07, 6.45) is 1.00. The number of hydrogen-bond donors (Lipinski definition) is 0. The highest BCUT2D eigenvalue weighted by atomic mass is 16.3. The van der Waals surface area contributed by atoms with Crippen molar-refractivity contribution in [2.45, 2.75) is 0 Å². The molecule has 64 valence electrons. The average molecular weight is 178 g/mol. The van der Waals surface area contributed by atoms with Gasteiger partial charge < -0.3 is 0 Å². The molecule has 0 spiro atoms. The van der Waals surface area contributed by atoms with Crippen molar-refractivity contribution < 1.29 is 38.4 Å². The van der Waals surface area contributed by atoms with E-state index in [1.54, 1.807) is 0 Å². The van der Waals surface area contributed by atoms with Gasteiger partial charge in [0.05, 0.1) is 0 Å². The first-order valence-electron chi connectivity index (χ1n) is 1.63. The lowest BCUT2D eigenvalue weighted by Gasteiger charge is -0.945. The van der Waals surface area contributed by atoms with Gasteiger partial charge >= 0.3 is 24.6 Å². The third kappa shape index (κ3) is 52.0. The van der Waals surface area contributed by atoms with Crippen molar-refractivity contribution in [2.75, 3.05) is 0 Å². The SMILES string of the molecule is O=[12C]=O.O=[12C]=O.O=[13C]=O.O=[13C]=O. The monoisotopic (exact) mass is 178 g/mol. The molecule has 0 atom stereocenters. The molecule has 0 saturated carbocycles. The molecule has 0 radical (unpaired) electrons. The van der Waals surface area contributed by atoms with E-state index in [1.165, 1.54) is 0 Å². The number of hydrogen-bond acceptors (Lipinski definition) is 8. The van der Waals surface area contributed by atoms with Gasteiger partial charge in [-0.3, -0.25) is 0 Å². The predicted octanol–water partition coefficient (Wildman–Crippen LogP) is -2.33. The maximum Gasteiger partial charge on any atom is 0.373 e. The van der Waals surface area contributed by atoms with Gasteiger partial charge in [-0.05, 0) is 0 Å². The molecule has 0 aromatic carbocycles. The molecule has 0 aromatic heterocycles. The highest BCUT2D eigenvalue weighted by Crippen LogP contribution is 0.796. The summed E-state index contributed by atoms with van der Waals surface area (Å²) in [6, 6.07) is 0. The zero-order valence-corrected chi connectivity index (χ0v) is 5.27. The fourth-order valence-electron chi connectivity index (χ4n) is 0. The van der Waals surface area contributed by atoms with Crippen LogP contribution in [-0.4, -0.2) is 24.6 Å². The number of carbonyl (C=O) groups excluding carboxylic acids is 8. The molecular weight excluding hydrogens is 178 g/mol. The molecule has 0 heterocycles. The minimum absolute atomic E-state index is 0.250. The molecule has 0 amide bonds. The summed E-state index contributed by atoms with van der Waals surface area (Å²) >= 11 is 0. The van der Waals surface area contributed by atoms with E-state index in [2.05, 4.69) is 0 Å². The molecular formula is C4O8. The zero-order valence-electron chi connectivity index (χ0n) is 5.27. The summed E-state index contributed by atoms with van der Waals surface area (Å²) in [6.45, 7) is 0. The van der Waals surface area contributed by atoms with Crippen LogP contribution in [0.3, 0.4) is 0 Å². The maximum absolute atomic E-state index is 8.12. The first-order valence-corrected chi connectivity index (χ1v) is 1.63. The molecule has 0 aromatic rings. The van der Waals surface area contributed by atoms with Crippen LogP contribution in [-0.2, 0) is 38.4 Å². The Morgan fingerprint density at radius 2 is 0.333 bits per heavy atom. The van der Waals surface area contributed by atoms with Gasteiger partial charge in [-0.2, -0.15) is 38.4 Å². The molecule has 0 aliphatic heterocycles. The summed E-state index contributed by atoms with van der Waals surface area (Å²) in [4.78, 5) is 65.0. The second-order valence-corrected chi connectivity index (χ2v) is 0.333. The van der Waals surface area contributed by atoms with E-state index in [0.29, 0.717) is 0 Å². The normalized spacial score (nSPS) is 2.67. The van der Waals surface area contributed by atoms with Crippen LogP contribution in [0, 0.1) is 0 Å². The quantitative estimate of drug-likeness (QED) is 0.376. The largest absolute Gasteiger partial charge is 0.373 e. The topological polar surface area (TPSA) is 137 Å². The molecule has 0 saturated heterocycles. The van der Waals surface area contributed by atoms with Crippen LogP contribution in [0.4, 0.5) is 0 Å². The van der Waals surface area contributed by atoms with Gasteiger partial charge in [0, 0.05) is 0 Å². The van der Waals surface area contributed by atoms with Crippen molar-refractivity contribution in [1.82, 2.24) is 0 Å². The number of rotatable bonds is 0. The Morgan fingerprint density at radius 1 is 0.333 bits per heavy atom. The third-order valence-corrected chi connectivity index (χ3v) is 0. The lowest BCUT2D eigenvalue weighted by molar-refractivity contribution is -0.193. The molecule has 0 bridgehead atoms. The van der Waals surface area contributed by atoms with Crippen LogP contribution >= 0.6 is 0 Å². The molecule has 12 heavy (non-hydrogen) atoms. The van der Waals surface area contributed by atoms with Gasteiger partial charge in [-0.1, -0.05) is 0 Å². The summed E-state index contributed by atoms with van der Waals surface area (Å²) in [7, 11) is 0.